The first kappa shape index (κ1) is 22.6. The number of benzene rings is 2. The Balaban J connectivity index is 2.06. The maximum Gasteiger partial charge on any atom is 0.246 e. The molecule has 3 rings (SSSR count). The average molecular weight is 452 g/mol. The zero-order valence-electron chi connectivity index (χ0n) is 16.1. The molecule has 0 saturated carbocycles. The van der Waals surface area contributed by atoms with Crippen molar-refractivity contribution in [2.24, 2.45) is 0 Å². The van der Waals surface area contributed by atoms with E-state index >= 15 is 0 Å². The monoisotopic (exact) mass is 452 g/mol. The van der Waals surface area contributed by atoms with Crippen LogP contribution in [0.2, 0.25) is 0 Å². The molecule has 3 aromatic rings. The van der Waals surface area contributed by atoms with Crippen LogP contribution in [0, 0.1) is 23.3 Å². The Morgan fingerprint density at radius 1 is 0.935 bits per heavy atom. The van der Waals surface area contributed by atoms with Crippen LogP contribution in [-0.4, -0.2) is 23.5 Å². The fraction of sp³-hybridized carbons (Fsp3) is 0.143. The Bertz CT molecular complexity index is 1220. The minimum Gasteiger partial charge on any atom is -0.295 e. The number of carbonyl (C=O) groups excluding carboxylic acids is 1. The quantitative estimate of drug-likeness (QED) is 0.233. The first-order valence-electron chi connectivity index (χ1n) is 8.93. The predicted octanol–water partition coefficient (Wildman–Crippen LogP) is 4.23. The van der Waals surface area contributed by atoms with Gasteiger partial charge in [0.25, 0.3) is 0 Å². The summed E-state index contributed by atoms with van der Waals surface area (Å²) in [6, 6.07) is 9.22. The summed E-state index contributed by atoms with van der Waals surface area (Å²) in [5, 5.41) is 0. The molecule has 0 aliphatic heterocycles. The number of pyridine rings is 1. The first-order valence-corrected chi connectivity index (χ1v) is 10.4. The van der Waals surface area contributed by atoms with Gasteiger partial charge < -0.3 is 0 Å². The second-order valence-corrected chi connectivity index (χ2v) is 8.59. The van der Waals surface area contributed by atoms with Gasteiger partial charge in [-0.25, -0.2) is 26.0 Å². The number of hydrogen-bond donors (Lipinski definition) is 0. The number of hydrogen-bond acceptors (Lipinski definition) is 4. The molecular weight excluding hydrogens is 436 g/mol. The summed E-state index contributed by atoms with van der Waals surface area (Å²) >= 11 is 0. The van der Waals surface area contributed by atoms with Crippen LogP contribution < -0.4 is 0 Å². The molecule has 0 amide bonds. The summed E-state index contributed by atoms with van der Waals surface area (Å²) in [6.07, 6.45) is 2.84. The van der Waals surface area contributed by atoms with Gasteiger partial charge in [-0.2, -0.15) is 4.31 Å². The van der Waals surface area contributed by atoms with Gasteiger partial charge in [0.05, 0.1) is 0 Å². The highest BCUT2D eigenvalue weighted by Gasteiger charge is 2.32. The highest BCUT2D eigenvalue weighted by atomic mass is 32.2. The second-order valence-electron chi connectivity index (χ2n) is 6.69. The van der Waals surface area contributed by atoms with E-state index < -0.39 is 38.2 Å². The van der Waals surface area contributed by atoms with Gasteiger partial charge >= 0.3 is 0 Å². The van der Waals surface area contributed by atoms with E-state index in [1.54, 1.807) is 12.1 Å². The van der Waals surface area contributed by atoms with Gasteiger partial charge in [0.1, 0.15) is 4.90 Å². The summed E-state index contributed by atoms with van der Waals surface area (Å²) < 4.78 is 82.0. The summed E-state index contributed by atoms with van der Waals surface area (Å²) in [5.74, 6) is -8.35. The Labute approximate surface area is 176 Å². The summed E-state index contributed by atoms with van der Waals surface area (Å²) in [4.78, 5) is 14.0. The van der Waals surface area contributed by atoms with Crippen molar-refractivity contribution >= 4 is 15.8 Å². The van der Waals surface area contributed by atoms with E-state index in [0.717, 1.165) is 4.31 Å². The van der Waals surface area contributed by atoms with Gasteiger partial charge in [0, 0.05) is 37.1 Å². The lowest BCUT2D eigenvalue weighted by Gasteiger charge is -2.23. The lowest BCUT2D eigenvalue weighted by Crippen LogP contribution is -2.31. The number of halogens is 4. The van der Waals surface area contributed by atoms with Crippen molar-refractivity contribution in [3.63, 3.8) is 0 Å². The van der Waals surface area contributed by atoms with Crippen LogP contribution in [0.1, 0.15) is 28.4 Å². The van der Waals surface area contributed by atoms with E-state index in [1.807, 2.05) is 0 Å². The Kier molecular flexibility index (Phi) is 6.51. The van der Waals surface area contributed by atoms with Crippen LogP contribution >= 0.6 is 0 Å². The third kappa shape index (κ3) is 4.80. The molecule has 0 unspecified atom stereocenters. The molecule has 10 heteroatoms. The average Bonchev–Trinajstić information content (AvgIpc) is 2.75. The van der Waals surface area contributed by atoms with Gasteiger partial charge in [0.15, 0.2) is 29.1 Å². The molecule has 0 radical (unpaired) electrons. The number of rotatable bonds is 7. The normalized spacial score (nSPS) is 11.7. The summed E-state index contributed by atoms with van der Waals surface area (Å²) in [7, 11) is -4.80. The molecule has 1 aromatic heterocycles. The molecule has 0 N–H and O–H groups in total. The standard InChI is InChI=1S/C21H16F4N2O3S/c1-13(28)16-6-4-14(5-7-16)11-27(12-15-3-2-8-26-10-15)31(29,30)18-9-17(22)19(23)21(25)20(18)24/h2-10H,11-12H2,1H3. The van der Waals surface area contributed by atoms with Crippen LogP contribution in [0.5, 0.6) is 0 Å². The Morgan fingerprint density at radius 2 is 1.58 bits per heavy atom. The van der Waals surface area contributed by atoms with Gasteiger partial charge in [-0.05, 0) is 24.1 Å². The molecule has 0 aliphatic rings. The number of carbonyl (C=O) groups is 1. The zero-order valence-corrected chi connectivity index (χ0v) is 17.0. The Hall–Kier alpha value is -3.11. The van der Waals surface area contributed by atoms with Gasteiger partial charge in [0.2, 0.25) is 10.0 Å². The lowest BCUT2D eigenvalue weighted by molar-refractivity contribution is 0.101. The summed E-state index contributed by atoms with van der Waals surface area (Å²) in [5.41, 5.74) is 1.26. The fourth-order valence-corrected chi connectivity index (χ4v) is 4.33. The Morgan fingerprint density at radius 3 is 2.16 bits per heavy atom. The molecule has 162 valence electrons. The minimum atomic E-state index is -4.80. The largest absolute Gasteiger partial charge is 0.295 e. The molecule has 31 heavy (non-hydrogen) atoms. The van der Waals surface area contributed by atoms with E-state index in [-0.39, 0.29) is 24.9 Å². The number of sulfonamides is 1. The topological polar surface area (TPSA) is 67.3 Å². The molecule has 0 spiro atoms. The van der Waals surface area contributed by atoms with Crippen LogP contribution in [0.25, 0.3) is 0 Å². The third-order valence-corrected chi connectivity index (χ3v) is 6.28. The first-order chi connectivity index (χ1) is 14.6. The zero-order chi connectivity index (χ0) is 22.8. The molecule has 0 bridgehead atoms. The summed E-state index contributed by atoms with van der Waals surface area (Å²) in [6.45, 7) is 0.759. The maximum absolute atomic E-state index is 14.3. The highest BCUT2D eigenvalue weighted by molar-refractivity contribution is 7.89. The molecule has 0 aliphatic carbocycles. The van der Waals surface area contributed by atoms with E-state index in [9.17, 15) is 30.8 Å². The van der Waals surface area contributed by atoms with Gasteiger partial charge in [-0.3, -0.25) is 9.78 Å². The third-order valence-electron chi connectivity index (χ3n) is 4.49. The van der Waals surface area contributed by atoms with Crippen molar-refractivity contribution in [1.82, 2.24) is 9.29 Å². The van der Waals surface area contributed by atoms with Crippen molar-refractivity contribution in [3.05, 3.63) is 94.8 Å². The van der Waals surface area contributed by atoms with Crippen molar-refractivity contribution in [3.8, 4) is 0 Å². The SMILES string of the molecule is CC(=O)c1ccc(CN(Cc2cccnc2)S(=O)(=O)c2cc(F)c(F)c(F)c2F)cc1. The van der Waals surface area contributed by atoms with Crippen LogP contribution in [0.3, 0.4) is 0 Å². The molecule has 0 saturated heterocycles. The predicted molar refractivity (Wildman–Crippen MR) is 103 cm³/mol. The molecular formula is C21H16F4N2O3S. The van der Waals surface area contributed by atoms with Crippen molar-refractivity contribution in [2.45, 2.75) is 24.9 Å². The fourth-order valence-electron chi connectivity index (χ4n) is 2.85. The minimum absolute atomic E-state index is 0.109. The second kappa shape index (κ2) is 8.94. The number of Topliss-reactive ketones (excluding diaryl/α,β-unsaturated/α-hetero) is 1. The lowest BCUT2D eigenvalue weighted by atomic mass is 10.1. The van der Waals surface area contributed by atoms with Crippen molar-refractivity contribution in [2.75, 3.05) is 0 Å². The molecule has 0 atom stereocenters. The number of ketones is 1. The van der Waals surface area contributed by atoms with Crippen molar-refractivity contribution in [1.29, 1.82) is 0 Å². The molecule has 1 heterocycles. The van der Waals surface area contributed by atoms with Crippen LogP contribution in [0.4, 0.5) is 17.6 Å². The van der Waals surface area contributed by atoms with Gasteiger partial charge in [-0.15, -0.1) is 0 Å². The molecule has 0 fully saturated rings. The van der Waals surface area contributed by atoms with E-state index in [2.05, 4.69) is 4.98 Å². The van der Waals surface area contributed by atoms with E-state index in [0.29, 0.717) is 16.7 Å². The van der Waals surface area contributed by atoms with Crippen LogP contribution in [0.15, 0.2) is 59.8 Å². The molecule has 2 aromatic carbocycles. The maximum atomic E-state index is 14.3. The molecule has 5 nitrogen and oxygen atoms in total. The van der Waals surface area contributed by atoms with E-state index in [4.69, 9.17) is 0 Å². The smallest absolute Gasteiger partial charge is 0.246 e. The van der Waals surface area contributed by atoms with Crippen LogP contribution in [-0.2, 0) is 23.1 Å². The number of aromatic nitrogens is 1. The van der Waals surface area contributed by atoms with E-state index in [1.165, 1.54) is 43.6 Å². The number of nitrogens with zero attached hydrogens (tertiary/aromatic N) is 2. The highest BCUT2D eigenvalue weighted by Crippen LogP contribution is 2.27. The van der Waals surface area contributed by atoms with Gasteiger partial charge in [-0.1, -0.05) is 30.3 Å². The van der Waals surface area contributed by atoms with Crippen molar-refractivity contribution < 1.29 is 30.8 Å².